The van der Waals surface area contributed by atoms with Gasteiger partial charge in [-0.3, -0.25) is 18.8 Å². The van der Waals surface area contributed by atoms with E-state index in [0.717, 1.165) is 16.5 Å². The van der Waals surface area contributed by atoms with Crippen molar-refractivity contribution >= 4 is 50.1 Å². The molecule has 234 valence electrons. The standard InChI is InChI=1S/C27H28ClF3N8O4S/c1-5-38-25(41)18-9-14(2)8-17(15(3)33-19-6-7-21(28)34-23(19)24(40)36-44(4,42)43)22(18)35-26(38)37-11-16-10-32-39(20(16)12-37)13-27(29,30)31/h6-10,15,33H,5,11-13H2,1-4H3,(H,36,40)/t15-/m1/s1. The molecule has 0 fully saturated rings. The Morgan fingerprint density at radius 2 is 1.91 bits per heavy atom. The van der Waals surface area contributed by atoms with Gasteiger partial charge in [-0.25, -0.2) is 23.1 Å². The monoisotopic (exact) mass is 652 g/mol. The lowest BCUT2D eigenvalue weighted by atomic mass is 10.0. The second-order valence-corrected chi connectivity index (χ2v) is 12.7. The molecule has 0 unspecified atom stereocenters. The Kier molecular flexibility index (Phi) is 8.09. The number of aromatic nitrogens is 5. The molecule has 5 rings (SSSR count). The van der Waals surface area contributed by atoms with Crippen molar-refractivity contribution in [2.45, 2.75) is 59.2 Å². The molecule has 1 aliphatic rings. The van der Waals surface area contributed by atoms with Crippen molar-refractivity contribution < 1.29 is 26.4 Å². The predicted octanol–water partition coefficient (Wildman–Crippen LogP) is 3.91. The second kappa shape index (κ2) is 11.4. The lowest BCUT2D eigenvalue weighted by Crippen LogP contribution is -2.31. The first-order valence-corrected chi connectivity index (χ1v) is 15.7. The number of halogens is 4. The van der Waals surface area contributed by atoms with E-state index < -0.39 is 34.7 Å². The zero-order chi connectivity index (χ0) is 32.1. The van der Waals surface area contributed by atoms with Crippen LogP contribution < -0.4 is 20.5 Å². The van der Waals surface area contributed by atoms with Crippen molar-refractivity contribution in [3.63, 3.8) is 0 Å². The van der Waals surface area contributed by atoms with E-state index in [1.807, 2.05) is 17.7 Å². The number of sulfonamides is 1. The first-order valence-electron chi connectivity index (χ1n) is 13.4. The summed E-state index contributed by atoms with van der Waals surface area (Å²) in [5, 5.41) is 7.36. The normalized spacial score (nSPS) is 14.1. The van der Waals surface area contributed by atoms with Crippen LogP contribution >= 0.6 is 11.6 Å². The number of amides is 1. The van der Waals surface area contributed by atoms with Crippen LogP contribution in [-0.4, -0.2) is 51.1 Å². The van der Waals surface area contributed by atoms with Crippen LogP contribution in [0.2, 0.25) is 5.15 Å². The Morgan fingerprint density at radius 1 is 1.18 bits per heavy atom. The SMILES string of the molecule is CCn1c(N2Cc3cnn(CC(F)(F)F)c3C2)nc2c([C@@H](C)Nc3ccc(Cl)nc3C(=O)NS(C)(=O)=O)cc(C)cc2c1=O. The molecule has 0 radical (unpaired) electrons. The zero-order valence-corrected chi connectivity index (χ0v) is 25.6. The van der Waals surface area contributed by atoms with Crippen molar-refractivity contribution in [1.29, 1.82) is 0 Å². The van der Waals surface area contributed by atoms with Crippen molar-refractivity contribution in [2.24, 2.45) is 0 Å². The second-order valence-electron chi connectivity index (χ2n) is 10.6. The van der Waals surface area contributed by atoms with Gasteiger partial charge in [0.1, 0.15) is 11.7 Å². The molecule has 4 aromatic rings. The van der Waals surface area contributed by atoms with Crippen LogP contribution in [-0.2, 0) is 36.2 Å². The molecule has 12 nitrogen and oxygen atoms in total. The number of hydrogen-bond donors (Lipinski definition) is 2. The molecule has 0 saturated heterocycles. The van der Waals surface area contributed by atoms with Gasteiger partial charge in [0.15, 0.2) is 5.69 Å². The van der Waals surface area contributed by atoms with Gasteiger partial charge in [0.2, 0.25) is 16.0 Å². The lowest BCUT2D eigenvalue weighted by molar-refractivity contribution is -0.143. The molecule has 17 heteroatoms. The van der Waals surface area contributed by atoms with Crippen LogP contribution in [0.15, 0.2) is 35.3 Å². The van der Waals surface area contributed by atoms with Gasteiger partial charge in [-0.2, -0.15) is 18.3 Å². The molecule has 0 bridgehead atoms. The highest BCUT2D eigenvalue weighted by Gasteiger charge is 2.34. The van der Waals surface area contributed by atoms with E-state index in [0.29, 0.717) is 33.7 Å². The lowest BCUT2D eigenvalue weighted by Gasteiger charge is -2.24. The highest BCUT2D eigenvalue weighted by molar-refractivity contribution is 7.89. The Morgan fingerprint density at radius 3 is 2.57 bits per heavy atom. The van der Waals surface area contributed by atoms with Gasteiger partial charge >= 0.3 is 6.18 Å². The molecule has 1 atom stereocenters. The Labute approximate surface area is 254 Å². The van der Waals surface area contributed by atoms with E-state index in [4.69, 9.17) is 16.6 Å². The molecule has 1 aromatic carbocycles. The summed E-state index contributed by atoms with van der Waals surface area (Å²) in [6.07, 6.45) is -2.21. The van der Waals surface area contributed by atoms with E-state index in [2.05, 4.69) is 15.4 Å². The number of alkyl halides is 3. The Bertz CT molecular complexity index is 1960. The Balaban J connectivity index is 1.56. The van der Waals surface area contributed by atoms with Crippen molar-refractivity contribution in [1.82, 2.24) is 29.0 Å². The van der Waals surface area contributed by atoms with E-state index in [9.17, 15) is 31.2 Å². The number of carbonyl (C=O) groups is 1. The van der Waals surface area contributed by atoms with Crippen LogP contribution in [0.1, 0.15) is 52.8 Å². The summed E-state index contributed by atoms with van der Waals surface area (Å²) in [7, 11) is -3.89. The molecule has 0 aliphatic carbocycles. The number of carbonyl (C=O) groups excluding carboxylic acids is 1. The average molecular weight is 653 g/mol. The molecule has 2 N–H and O–H groups in total. The molecule has 0 spiro atoms. The minimum atomic E-state index is -4.44. The van der Waals surface area contributed by atoms with Crippen LogP contribution in [0, 0.1) is 6.92 Å². The molecule has 3 aromatic heterocycles. The number of fused-ring (bicyclic) bond motifs is 2. The van der Waals surface area contributed by atoms with Gasteiger partial charge in [-0.15, -0.1) is 0 Å². The maximum atomic E-state index is 13.8. The van der Waals surface area contributed by atoms with Crippen molar-refractivity contribution in [3.8, 4) is 0 Å². The molecule has 1 aliphatic heterocycles. The number of aryl methyl sites for hydroxylation is 1. The maximum Gasteiger partial charge on any atom is 0.408 e. The molecule has 1 amide bonds. The summed E-state index contributed by atoms with van der Waals surface area (Å²) in [5.41, 5.74) is 2.33. The molecular formula is C27H28ClF3N8O4S. The summed E-state index contributed by atoms with van der Waals surface area (Å²) in [6, 6.07) is 5.87. The van der Waals surface area contributed by atoms with Gasteiger partial charge in [-0.1, -0.05) is 17.7 Å². The molecular weight excluding hydrogens is 625 g/mol. The van der Waals surface area contributed by atoms with E-state index in [1.54, 1.807) is 24.8 Å². The van der Waals surface area contributed by atoms with Crippen LogP contribution in [0.4, 0.5) is 24.8 Å². The summed E-state index contributed by atoms with van der Waals surface area (Å²) < 4.78 is 67.0. The Hall–Kier alpha value is -4.18. The van der Waals surface area contributed by atoms with Crippen LogP contribution in [0.3, 0.4) is 0 Å². The quantitative estimate of drug-likeness (QED) is 0.271. The topological polar surface area (TPSA) is 144 Å². The van der Waals surface area contributed by atoms with Gasteiger partial charge in [0, 0.05) is 24.2 Å². The number of pyridine rings is 1. The van der Waals surface area contributed by atoms with Gasteiger partial charge in [-0.05, 0) is 44.5 Å². The number of nitrogens with zero attached hydrogens (tertiary/aromatic N) is 6. The van der Waals surface area contributed by atoms with E-state index >= 15 is 0 Å². The minimum Gasteiger partial charge on any atom is -0.377 e. The smallest absolute Gasteiger partial charge is 0.377 e. The fourth-order valence-corrected chi connectivity index (χ4v) is 5.84. The minimum absolute atomic E-state index is 0.0285. The predicted molar refractivity (Wildman–Crippen MR) is 158 cm³/mol. The van der Waals surface area contributed by atoms with Crippen LogP contribution in [0.5, 0.6) is 0 Å². The first kappa shape index (κ1) is 31.3. The summed E-state index contributed by atoms with van der Waals surface area (Å²) in [6.45, 7) is 4.71. The number of nitrogens with one attached hydrogen (secondary N) is 2. The largest absolute Gasteiger partial charge is 0.408 e. The first-order chi connectivity index (χ1) is 20.5. The highest BCUT2D eigenvalue weighted by atomic mass is 35.5. The van der Waals surface area contributed by atoms with Gasteiger partial charge in [0.05, 0.1) is 47.3 Å². The van der Waals surface area contributed by atoms with Gasteiger partial charge in [0.25, 0.3) is 11.5 Å². The number of hydrogen-bond acceptors (Lipinski definition) is 9. The fraction of sp³-hybridized carbons (Fsp3) is 0.370. The summed E-state index contributed by atoms with van der Waals surface area (Å²) in [5.74, 6) is -0.693. The molecule has 44 heavy (non-hydrogen) atoms. The summed E-state index contributed by atoms with van der Waals surface area (Å²) in [4.78, 5) is 37.1. The number of benzene rings is 1. The third-order valence-corrected chi connectivity index (χ3v) is 7.84. The van der Waals surface area contributed by atoms with Gasteiger partial charge < -0.3 is 10.2 Å². The molecule has 0 saturated carbocycles. The number of anilines is 2. The van der Waals surface area contributed by atoms with Crippen LogP contribution in [0.25, 0.3) is 10.9 Å². The highest BCUT2D eigenvalue weighted by Crippen LogP contribution is 2.32. The van der Waals surface area contributed by atoms with E-state index in [-0.39, 0.29) is 41.7 Å². The molecule has 4 heterocycles. The van der Waals surface area contributed by atoms with Crippen molar-refractivity contribution in [2.75, 3.05) is 16.5 Å². The van der Waals surface area contributed by atoms with E-state index in [1.165, 1.54) is 22.9 Å². The average Bonchev–Trinajstić information content (AvgIpc) is 3.49. The summed E-state index contributed by atoms with van der Waals surface area (Å²) >= 11 is 6.00. The zero-order valence-electron chi connectivity index (χ0n) is 24.0. The maximum absolute atomic E-state index is 13.8. The third kappa shape index (κ3) is 6.36. The number of rotatable bonds is 8. The van der Waals surface area contributed by atoms with Crippen molar-refractivity contribution in [3.05, 3.63) is 74.0 Å². The third-order valence-electron chi connectivity index (χ3n) is 7.07. The fourth-order valence-electron chi connectivity index (χ4n) is 5.25.